The lowest BCUT2D eigenvalue weighted by atomic mass is 10.1. The molecule has 0 bridgehead atoms. The molecule has 0 saturated carbocycles. The van der Waals surface area contributed by atoms with Crippen LogP contribution in [0.25, 0.3) is 11.3 Å². The van der Waals surface area contributed by atoms with Crippen molar-refractivity contribution in [3.8, 4) is 17.0 Å². The van der Waals surface area contributed by atoms with Gasteiger partial charge in [-0.3, -0.25) is 9.88 Å². The van der Waals surface area contributed by atoms with Gasteiger partial charge in [0.05, 0.1) is 18.0 Å². The summed E-state index contributed by atoms with van der Waals surface area (Å²) in [5, 5.41) is -0.0945. The number of rotatable bonds is 6. The van der Waals surface area contributed by atoms with Crippen LogP contribution < -0.4 is 4.74 Å². The van der Waals surface area contributed by atoms with Crippen molar-refractivity contribution in [1.82, 2.24) is 19.9 Å². The van der Waals surface area contributed by atoms with Gasteiger partial charge in [0.2, 0.25) is 15.0 Å². The Labute approximate surface area is 176 Å². The summed E-state index contributed by atoms with van der Waals surface area (Å²) in [6, 6.07) is 12.1. The van der Waals surface area contributed by atoms with Gasteiger partial charge in [0.25, 0.3) is 0 Å². The number of hydrogen-bond acceptors (Lipinski definition) is 7. The van der Waals surface area contributed by atoms with Gasteiger partial charge in [-0.25, -0.2) is 18.4 Å². The highest BCUT2D eigenvalue weighted by atomic mass is 32.2. The molecule has 0 spiro atoms. The Balaban J connectivity index is 1.44. The summed E-state index contributed by atoms with van der Waals surface area (Å²) in [4.78, 5) is 15.2. The van der Waals surface area contributed by atoms with Gasteiger partial charge in [-0.05, 0) is 30.7 Å². The maximum absolute atomic E-state index is 11.7. The number of fused-ring (bicyclic) bond motifs is 1. The minimum Gasteiger partial charge on any atom is -0.494 e. The lowest BCUT2D eigenvalue weighted by molar-refractivity contribution is 0.242. The van der Waals surface area contributed by atoms with Gasteiger partial charge in [0, 0.05) is 55.8 Å². The number of nitrogens with zero attached hydrogens (tertiary/aromatic N) is 4. The number of sulfone groups is 1. The SMILES string of the molecule is CCOc1cccc(-c2ccc(CN3CCc4nc(S(C)(=O)=O)ncc4C3)cn2)c1. The standard InChI is InChI=1S/C22H24N4O3S/c1-3-29-19-6-4-5-17(11-19)20-8-7-16(12-23-20)14-26-10-9-21-18(15-26)13-24-22(25-21)30(2,27)28/h4-8,11-13H,3,9-10,14-15H2,1-2H3. The maximum atomic E-state index is 11.7. The molecule has 156 valence electrons. The third-order valence-electron chi connectivity index (χ3n) is 4.99. The minimum absolute atomic E-state index is 0.0945. The van der Waals surface area contributed by atoms with Crippen LogP contribution in [0.4, 0.5) is 0 Å². The van der Waals surface area contributed by atoms with E-state index in [2.05, 4.69) is 25.9 Å². The molecule has 4 rings (SSSR count). The van der Waals surface area contributed by atoms with Crippen LogP contribution in [-0.4, -0.2) is 47.7 Å². The molecule has 0 N–H and O–H groups in total. The molecule has 1 aromatic carbocycles. The lowest BCUT2D eigenvalue weighted by Crippen LogP contribution is -2.31. The summed E-state index contributed by atoms with van der Waals surface area (Å²) in [7, 11) is -3.38. The summed E-state index contributed by atoms with van der Waals surface area (Å²) >= 11 is 0. The van der Waals surface area contributed by atoms with Gasteiger partial charge in [-0.2, -0.15) is 0 Å². The van der Waals surface area contributed by atoms with E-state index in [4.69, 9.17) is 4.74 Å². The Morgan fingerprint density at radius 3 is 2.73 bits per heavy atom. The number of benzene rings is 1. The van der Waals surface area contributed by atoms with Crippen LogP contribution in [0.3, 0.4) is 0 Å². The largest absolute Gasteiger partial charge is 0.494 e. The van der Waals surface area contributed by atoms with Crippen LogP contribution in [0.5, 0.6) is 5.75 Å². The maximum Gasteiger partial charge on any atom is 0.246 e. The molecular weight excluding hydrogens is 400 g/mol. The van der Waals surface area contributed by atoms with Gasteiger partial charge in [0.1, 0.15) is 5.75 Å². The molecule has 7 nitrogen and oxygen atoms in total. The average Bonchev–Trinajstić information content (AvgIpc) is 2.74. The van der Waals surface area contributed by atoms with E-state index in [1.165, 1.54) is 0 Å². The zero-order valence-corrected chi connectivity index (χ0v) is 17.9. The van der Waals surface area contributed by atoms with Gasteiger partial charge < -0.3 is 4.74 Å². The highest BCUT2D eigenvalue weighted by Crippen LogP contribution is 2.24. The molecule has 0 unspecified atom stereocenters. The van der Waals surface area contributed by atoms with Crippen LogP contribution in [-0.2, 0) is 29.3 Å². The summed E-state index contributed by atoms with van der Waals surface area (Å²) in [6.07, 6.45) is 5.38. The molecule has 0 fully saturated rings. The van der Waals surface area contributed by atoms with Gasteiger partial charge in [-0.1, -0.05) is 18.2 Å². The third-order valence-corrected chi connectivity index (χ3v) is 5.85. The minimum atomic E-state index is -3.38. The van der Waals surface area contributed by atoms with Crippen molar-refractivity contribution < 1.29 is 13.2 Å². The summed E-state index contributed by atoms with van der Waals surface area (Å²) in [5.74, 6) is 0.842. The van der Waals surface area contributed by atoms with Crippen molar-refractivity contribution in [2.45, 2.75) is 31.6 Å². The molecule has 0 saturated heterocycles. The highest BCUT2D eigenvalue weighted by Gasteiger charge is 2.21. The quantitative estimate of drug-likeness (QED) is 0.563. The van der Waals surface area contributed by atoms with Gasteiger partial charge in [-0.15, -0.1) is 0 Å². The summed E-state index contributed by atoms with van der Waals surface area (Å²) in [5.41, 5.74) is 4.86. The first-order chi connectivity index (χ1) is 14.4. The Bertz CT molecular complexity index is 1150. The second-order valence-electron chi connectivity index (χ2n) is 7.37. The van der Waals surface area contributed by atoms with E-state index in [0.29, 0.717) is 19.6 Å². The van der Waals surface area contributed by atoms with E-state index in [0.717, 1.165) is 53.2 Å². The van der Waals surface area contributed by atoms with Crippen LogP contribution in [0.1, 0.15) is 23.7 Å². The molecule has 1 aliphatic rings. The van der Waals surface area contributed by atoms with Crippen molar-refractivity contribution in [3.63, 3.8) is 0 Å². The number of pyridine rings is 1. The van der Waals surface area contributed by atoms with Crippen molar-refractivity contribution in [2.24, 2.45) is 0 Å². The Morgan fingerprint density at radius 1 is 1.13 bits per heavy atom. The predicted octanol–water partition coefficient (Wildman–Crippen LogP) is 2.90. The first-order valence-corrected chi connectivity index (χ1v) is 11.8. The molecule has 3 heterocycles. The molecule has 0 radical (unpaired) electrons. The molecular formula is C22H24N4O3S. The van der Waals surface area contributed by atoms with Crippen molar-refractivity contribution in [2.75, 3.05) is 19.4 Å². The van der Waals surface area contributed by atoms with E-state index in [1.807, 2.05) is 43.5 Å². The van der Waals surface area contributed by atoms with E-state index >= 15 is 0 Å². The van der Waals surface area contributed by atoms with E-state index in [9.17, 15) is 8.42 Å². The zero-order chi connectivity index (χ0) is 21.1. The van der Waals surface area contributed by atoms with E-state index in [-0.39, 0.29) is 5.16 Å². The van der Waals surface area contributed by atoms with Crippen LogP contribution in [0.15, 0.2) is 53.9 Å². The second kappa shape index (κ2) is 8.49. The topological polar surface area (TPSA) is 85.3 Å². The van der Waals surface area contributed by atoms with E-state index < -0.39 is 9.84 Å². The molecule has 0 amide bonds. The normalized spacial score (nSPS) is 14.3. The molecule has 0 aliphatic carbocycles. The zero-order valence-electron chi connectivity index (χ0n) is 17.1. The van der Waals surface area contributed by atoms with Gasteiger partial charge >= 0.3 is 0 Å². The molecule has 8 heteroatoms. The van der Waals surface area contributed by atoms with Crippen LogP contribution >= 0.6 is 0 Å². The van der Waals surface area contributed by atoms with Crippen molar-refractivity contribution in [3.05, 3.63) is 65.6 Å². The smallest absolute Gasteiger partial charge is 0.246 e. The average molecular weight is 425 g/mol. The van der Waals surface area contributed by atoms with Crippen molar-refractivity contribution in [1.29, 1.82) is 0 Å². The monoisotopic (exact) mass is 424 g/mol. The molecule has 2 aromatic heterocycles. The molecule has 3 aromatic rings. The highest BCUT2D eigenvalue weighted by molar-refractivity contribution is 7.90. The first-order valence-electron chi connectivity index (χ1n) is 9.88. The fourth-order valence-electron chi connectivity index (χ4n) is 3.53. The van der Waals surface area contributed by atoms with Crippen molar-refractivity contribution >= 4 is 9.84 Å². The number of aromatic nitrogens is 3. The Kier molecular flexibility index (Phi) is 5.78. The van der Waals surface area contributed by atoms with E-state index in [1.54, 1.807) is 6.20 Å². The van der Waals surface area contributed by atoms with Gasteiger partial charge in [0.15, 0.2) is 0 Å². The predicted molar refractivity (Wildman–Crippen MR) is 114 cm³/mol. The summed E-state index contributed by atoms with van der Waals surface area (Å²) < 4.78 is 28.9. The first kappa shape index (κ1) is 20.4. The third kappa shape index (κ3) is 4.66. The molecule has 30 heavy (non-hydrogen) atoms. The lowest BCUT2D eigenvalue weighted by Gasteiger charge is -2.27. The summed E-state index contributed by atoms with van der Waals surface area (Å²) in [6.45, 7) is 4.87. The van der Waals surface area contributed by atoms with Crippen LogP contribution in [0, 0.1) is 0 Å². The fourth-order valence-corrected chi connectivity index (χ4v) is 4.05. The fraction of sp³-hybridized carbons (Fsp3) is 0.318. The number of hydrogen-bond donors (Lipinski definition) is 0. The number of ether oxygens (including phenoxy) is 1. The Hall–Kier alpha value is -2.84. The molecule has 0 atom stereocenters. The second-order valence-corrected chi connectivity index (χ2v) is 9.28. The van der Waals surface area contributed by atoms with Crippen LogP contribution in [0.2, 0.25) is 0 Å². The Morgan fingerprint density at radius 2 is 2.00 bits per heavy atom. The molecule has 1 aliphatic heterocycles.